The van der Waals surface area contributed by atoms with Gasteiger partial charge in [0, 0.05) is 37.5 Å². The molecule has 1 amide bonds. The van der Waals surface area contributed by atoms with Crippen molar-refractivity contribution in [2.75, 3.05) is 39.4 Å². The average Bonchev–Trinajstić information content (AvgIpc) is 3.04. The molecule has 2 saturated heterocycles. The second-order valence-corrected chi connectivity index (χ2v) is 7.73. The van der Waals surface area contributed by atoms with Gasteiger partial charge in [0.2, 0.25) is 5.91 Å². The van der Waals surface area contributed by atoms with Gasteiger partial charge >= 0.3 is 0 Å². The number of ether oxygens (including phenoxy) is 1. The van der Waals surface area contributed by atoms with Crippen LogP contribution in [0.2, 0.25) is 0 Å². The van der Waals surface area contributed by atoms with Gasteiger partial charge in [-0.3, -0.25) is 9.69 Å². The van der Waals surface area contributed by atoms with E-state index in [0.29, 0.717) is 25.0 Å². The van der Waals surface area contributed by atoms with Gasteiger partial charge < -0.3 is 9.64 Å². The van der Waals surface area contributed by atoms with Crippen molar-refractivity contribution >= 4 is 17.2 Å². The monoisotopic (exact) mass is 337 g/mol. The van der Waals surface area contributed by atoms with Crippen LogP contribution in [0.25, 0.3) is 0 Å². The van der Waals surface area contributed by atoms with Gasteiger partial charge in [-0.2, -0.15) is 0 Å². The highest BCUT2D eigenvalue weighted by molar-refractivity contribution is 7.09. The van der Waals surface area contributed by atoms with E-state index < -0.39 is 0 Å². The summed E-state index contributed by atoms with van der Waals surface area (Å²) >= 11 is 1.75. The van der Waals surface area contributed by atoms with Crippen molar-refractivity contribution in [2.45, 2.75) is 39.2 Å². The Kier molecular flexibility index (Phi) is 5.67. The summed E-state index contributed by atoms with van der Waals surface area (Å²) in [5, 5.41) is 3.38. The number of carbonyl (C=O) groups is 1. The maximum absolute atomic E-state index is 12.7. The lowest BCUT2D eigenvalue weighted by molar-refractivity contribution is -0.141. The van der Waals surface area contributed by atoms with E-state index in [4.69, 9.17) is 9.72 Å². The van der Waals surface area contributed by atoms with Crippen LogP contribution in [0.3, 0.4) is 0 Å². The highest BCUT2D eigenvalue weighted by atomic mass is 32.1. The third-order valence-corrected chi connectivity index (χ3v) is 5.82. The van der Waals surface area contributed by atoms with Crippen LogP contribution < -0.4 is 0 Å². The molecule has 0 saturated carbocycles. The van der Waals surface area contributed by atoms with Crippen LogP contribution in [0.5, 0.6) is 0 Å². The molecule has 2 fully saturated rings. The summed E-state index contributed by atoms with van der Waals surface area (Å²) in [7, 11) is 0. The minimum absolute atomic E-state index is 0.144. The zero-order valence-electron chi connectivity index (χ0n) is 14.2. The standard InChI is InChI=1S/C17H27N3O2S/c1-13(2)16-18-15(12-23-16)11-19-5-3-4-14(10-19)17(21)20-6-8-22-9-7-20/h12-14H,3-11H2,1-2H3. The second-order valence-electron chi connectivity index (χ2n) is 6.84. The third-order valence-electron chi connectivity index (χ3n) is 4.63. The van der Waals surface area contributed by atoms with E-state index in [1.54, 1.807) is 11.3 Å². The number of rotatable bonds is 4. The zero-order valence-corrected chi connectivity index (χ0v) is 15.0. The molecule has 23 heavy (non-hydrogen) atoms. The first-order chi connectivity index (χ1) is 11.1. The first-order valence-corrected chi connectivity index (χ1v) is 9.54. The van der Waals surface area contributed by atoms with Crippen molar-refractivity contribution in [3.63, 3.8) is 0 Å². The highest BCUT2D eigenvalue weighted by Gasteiger charge is 2.30. The summed E-state index contributed by atoms with van der Waals surface area (Å²) in [4.78, 5) is 21.8. The predicted octanol–water partition coefficient (Wildman–Crippen LogP) is 2.34. The fourth-order valence-electron chi connectivity index (χ4n) is 3.33. The van der Waals surface area contributed by atoms with Crippen molar-refractivity contribution < 1.29 is 9.53 Å². The molecule has 1 aromatic rings. The van der Waals surface area contributed by atoms with Gasteiger partial charge in [-0.05, 0) is 19.4 Å². The van der Waals surface area contributed by atoms with Crippen LogP contribution >= 0.6 is 11.3 Å². The number of nitrogens with zero attached hydrogens (tertiary/aromatic N) is 3. The van der Waals surface area contributed by atoms with E-state index in [1.807, 2.05) is 4.90 Å². The number of aromatic nitrogens is 1. The highest BCUT2D eigenvalue weighted by Crippen LogP contribution is 2.23. The van der Waals surface area contributed by atoms with Gasteiger partial charge in [-0.25, -0.2) is 4.98 Å². The number of piperidine rings is 1. The Morgan fingerprint density at radius 3 is 2.87 bits per heavy atom. The molecule has 0 spiro atoms. The van der Waals surface area contributed by atoms with Gasteiger partial charge in [0.25, 0.3) is 0 Å². The molecule has 0 N–H and O–H groups in total. The SMILES string of the molecule is CC(C)c1nc(CN2CCCC(C(=O)N3CCOCC3)C2)cs1. The molecular weight excluding hydrogens is 310 g/mol. The third kappa shape index (κ3) is 4.31. The number of hydrogen-bond acceptors (Lipinski definition) is 5. The van der Waals surface area contributed by atoms with Crippen molar-refractivity contribution in [1.29, 1.82) is 0 Å². The van der Waals surface area contributed by atoms with E-state index in [-0.39, 0.29) is 5.92 Å². The number of thiazole rings is 1. The summed E-state index contributed by atoms with van der Waals surface area (Å²) in [6.07, 6.45) is 2.11. The lowest BCUT2D eigenvalue weighted by atomic mass is 9.96. The summed E-state index contributed by atoms with van der Waals surface area (Å²) < 4.78 is 5.35. The maximum atomic E-state index is 12.7. The van der Waals surface area contributed by atoms with E-state index in [2.05, 4.69) is 24.1 Å². The molecule has 0 aromatic carbocycles. The molecule has 0 aliphatic carbocycles. The smallest absolute Gasteiger partial charge is 0.227 e. The first kappa shape index (κ1) is 16.9. The van der Waals surface area contributed by atoms with Gasteiger partial charge in [0.1, 0.15) is 0 Å². The topological polar surface area (TPSA) is 45.7 Å². The van der Waals surface area contributed by atoms with Gasteiger partial charge in [-0.15, -0.1) is 11.3 Å². The van der Waals surface area contributed by atoms with Gasteiger partial charge in [0.05, 0.1) is 29.8 Å². The largest absolute Gasteiger partial charge is 0.378 e. The van der Waals surface area contributed by atoms with E-state index in [0.717, 1.165) is 51.3 Å². The van der Waals surface area contributed by atoms with Crippen LogP contribution in [-0.2, 0) is 16.1 Å². The Hall–Kier alpha value is -0.980. The summed E-state index contributed by atoms with van der Waals surface area (Å²) in [5.74, 6) is 0.954. The molecule has 3 heterocycles. The lowest BCUT2D eigenvalue weighted by Crippen LogP contribution is -2.48. The average molecular weight is 337 g/mol. The van der Waals surface area contributed by atoms with E-state index >= 15 is 0 Å². The second kappa shape index (κ2) is 7.73. The first-order valence-electron chi connectivity index (χ1n) is 8.66. The van der Waals surface area contributed by atoms with E-state index in [1.165, 1.54) is 5.01 Å². The number of morpholine rings is 1. The molecule has 3 rings (SSSR count). The Morgan fingerprint density at radius 2 is 2.17 bits per heavy atom. The maximum Gasteiger partial charge on any atom is 0.227 e. The quantitative estimate of drug-likeness (QED) is 0.846. The Morgan fingerprint density at radius 1 is 1.39 bits per heavy atom. The predicted molar refractivity (Wildman–Crippen MR) is 91.6 cm³/mol. The number of carbonyl (C=O) groups excluding carboxylic acids is 1. The number of likely N-dealkylation sites (tertiary alicyclic amines) is 1. The molecule has 128 valence electrons. The Labute approximate surface area is 142 Å². The molecule has 5 nitrogen and oxygen atoms in total. The molecule has 0 bridgehead atoms. The minimum atomic E-state index is 0.144. The van der Waals surface area contributed by atoms with Crippen molar-refractivity contribution in [3.05, 3.63) is 16.1 Å². The van der Waals surface area contributed by atoms with Crippen molar-refractivity contribution in [1.82, 2.24) is 14.8 Å². The fourth-order valence-corrected chi connectivity index (χ4v) is 4.16. The molecule has 2 aliphatic heterocycles. The summed E-state index contributed by atoms with van der Waals surface area (Å²) in [6.45, 7) is 10.0. The molecule has 2 aliphatic rings. The van der Waals surface area contributed by atoms with Gasteiger partial charge in [0.15, 0.2) is 0 Å². The molecule has 1 unspecified atom stereocenters. The number of hydrogen-bond donors (Lipinski definition) is 0. The van der Waals surface area contributed by atoms with Crippen LogP contribution in [0.4, 0.5) is 0 Å². The number of amides is 1. The summed E-state index contributed by atoms with van der Waals surface area (Å²) in [6, 6.07) is 0. The lowest BCUT2D eigenvalue weighted by Gasteiger charge is -2.36. The zero-order chi connectivity index (χ0) is 16.2. The van der Waals surface area contributed by atoms with Crippen LogP contribution in [0, 0.1) is 5.92 Å². The Bertz CT molecular complexity index is 526. The van der Waals surface area contributed by atoms with Crippen LogP contribution in [0.1, 0.15) is 43.3 Å². The minimum Gasteiger partial charge on any atom is -0.378 e. The van der Waals surface area contributed by atoms with E-state index in [9.17, 15) is 4.79 Å². The normalized spacial score (nSPS) is 23.4. The van der Waals surface area contributed by atoms with Crippen LogP contribution in [-0.4, -0.2) is 60.1 Å². The fraction of sp³-hybridized carbons (Fsp3) is 0.765. The van der Waals surface area contributed by atoms with Crippen LogP contribution in [0.15, 0.2) is 5.38 Å². The molecular formula is C17H27N3O2S. The Balaban J connectivity index is 1.55. The van der Waals surface area contributed by atoms with Gasteiger partial charge in [-0.1, -0.05) is 13.8 Å². The molecule has 1 aromatic heterocycles. The van der Waals surface area contributed by atoms with Crippen molar-refractivity contribution in [2.24, 2.45) is 5.92 Å². The van der Waals surface area contributed by atoms with Crippen molar-refractivity contribution in [3.8, 4) is 0 Å². The molecule has 6 heteroatoms. The molecule has 1 atom stereocenters. The summed E-state index contributed by atoms with van der Waals surface area (Å²) in [5.41, 5.74) is 1.15. The molecule has 0 radical (unpaired) electrons.